The molecule has 0 aliphatic carbocycles. The summed E-state index contributed by atoms with van der Waals surface area (Å²) in [6.07, 6.45) is -6.40. The summed E-state index contributed by atoms with van der Waals surface area (Å²) in [4.78, 5) is 1.59. The van der Waals surface area contributed by atoms with Crippen molar-refractivity contribution in [2.75, 3.05) is 18.0 Å². The van der Waals surface area contributed by atoms with Crippen LogP contribution in [0.2, 0.25) is 0 Å². The Bertz CT molecular complexity index is 555. The van der Waals surface area contributed by atoms with Gasteiger partial charge in [0.05, 0.1) is 11.1 Å². The molecule has 0 saturated carbocycles. The summed E-state index contributed by atoms with van der Waals surface area (Å²) in [6.45, 7) is 2.75. The molecule has 0 radical (unpaired) electrons. The molecule has 0 bridgehead atoms. The van der Waals surface area contributed by atoms with Crippen molar-refractivity contribution in [2.24, 2.45) is 11.7 Å². The van der Waals surface area contributed by atoms with Gasteiger partial charge in [0.2, 0.25) is 0 Å². The monoisotopic (exact) mass is 404 g/mol. The minimum absolute atomic E-state index is 0. The molecule has 9 heteroatoms. The second-order valence-corrected chi connectivity index (χ2v) is 6.56. The number of rotatable bonds is 4. The number of unbranched alkanes of at least 4 members (excludes halogenated alkanes) is 1. The van der Waals surface area contributed by atoms with Crippen molar-refractivity contribution >= 4 is 18.1 Å². The molecular weight excluding hydrogens is 382 g/mol. The zero-order valence-electron chi connectivity index (χ0n) is 14.3. The van der Waals surface area contributed by atoms with Crippen LogP contribution in [0.1, 0.15) is 43.7 Å². The van der Waals surface area contributed by atoms with Crippen LogP contribution < -0.4 is 10.6 Å². The maximum absolute atomic E-state index is 13.0. The van der Waals surface area contributed by atoms with Crippen LogP contribution in [0.3, 0.4) is 0 Å². The van der Waals surface area contributed by atoms with Gasteiger partial charge in [-0.05, 0) is 37.0 Å². The summed E-state index contributed by atoms with van der Waals surface area (Å²) in [5.74, 6) is 0.0672. The van der Waals surface area contributed by atoms with Crippen molar-refractivity contribution in [3.05, 3.63) is 29.3 Å². The fourth-order valence-corrected chi connectivity index (χ4v) is 3.18. The van der Waals surface area contributed by atoms with Gasteiger partial charge in [0.25, 0.3) is 0 Å². The normalized spacial score (nSPS) is 21.5. The molecule has 0 amide bonds. The molecule has 0 spiro atoms. The molecule has 2 atom stereocenters. The van der Waals surface area contributed by atoms with Gasteiger partial charge >= 0.3 is 12.4 Å². The summed E-state index contributed by atoms with van der Waals surface area (Å²) in [6, 6.07) is 1.68. The third kappa shape index (κ3) is 5.67. The van der Waals surface area contributed by atoms with Crippen LogP contribution in [0.4, 0.5) is 32.0 Å². The molecule has 0 aromatic heterocycles. The number of nitrogens with two attached hydrogens (primary N) is 1. The number of halogens is 7. The SMILES string of the molecule is CCCC[C@H]1CN(c2cc(C(F)(F)F)cc(C(F)(F)F)c2)CC[C@@H]1N.Cl. The fourth-order valence-electron chi connectivity index (χ4n) is 3.18. The van der Waals surface area contributed by atoms with Crippen molar-refractivity contribution in [3.8, 4) is 0 Å². The molecule has 2 nitrogen and oxygen atoms in total. The lowest BCUT2D eigenvalue weighted by Crippen LogP contribution is -2.47. The van der Waals surface area contributed by atoms with E-state index >= 15 is 0 Å². The standard InChI is InChI=1S/C17H22F6N2.ClH/c1-2-3-4-11-10-25(6-5-15(11)24)14-8-12(16(18,19)20)7-13(9-14)17(21,22)23;/h7-9,11,15H,2-6,10,24H2,1H3;1H/t11-,15-;/m0./s1. The maximum Gasteiger partial charge on any atom is 0.416 e. The van der Waals surface area contributed by atoms with Gasteiger partial charge in [0.15, 0.2) is 0 Å². The number of nitrogens with zero attached hydrogens (tertiary/aromatic N) is 1. The van der Waals surface area contributed by atoms with E-state index in [1.807, 2.05) is 6.92 Å². The van der Waals surface area contributed by atoms with Gasteiger partial charge < -0.3 is 10.6 Å². The van der Waals surface area contributed by atoms with Crippen LogP contribution in [0.5, 0.6) is 0 Å². The molecule has 1 aliphatic rings. The highest BCUT2D eigenvalue weighted by Crippen LogP contribution is 2.39. The van der Waals surface area contributed by atoms with Gasteiger partial charge in [0.1, 0.15) is 0 Å². The predicted molar refractivity (Wildman–Crippen MR) is 91.5 cm³/mol. The summed E-state index contributed by atoms with van der Waals surface area (Å²) < 4.78 is 78.0. The summed E-state index contributed by atoms with van der Waals surface area (Å²) in [5, 5.41) is 0. The van der Waals surface area contributed by atoms with E-state index in [0.29, 0.717) is 19.5 Å². The third-order valence-electron chi connectivity index (χ3n) is 4.66. The molecule has 2 rings (SSSR count). The minimum atomic E-state index is -4.83. The van der Waals surface area contributed by atoms with Crippen molar-refractivity contribution in [3.63, 3.8) is 0 Å². The predicted octanol–water partition coefficient (Wildman–Crippen LogP) is 5.49. The molecular formula is C17H23ClF6N2. The number of hydrogen-bond acceptors (Lipinski definition) is 2. The Morgan fingerprint density at radius 1 is 1.04 bits per heavy atom. The Hall–Kier alpha value is -1.15. The molecule has 150 valence electrons. The van der Waals surface area contributed by atoms with E-state index in [1.54, 1.807) is 4.90 Å². The molecule has 1 heterocycles. The van der Waals surface area contributed by atoms with Gasteiger partial charge in [-0.1, -0.05) is 19.8 Å². The zero-order valence-corrected chi connectivity index (χ0v) is 15.1. The quantitative estimate of drug-likeness (QED) is 0.672. The minimum Gasteiger partial charge on any atom is -0.371 e. The first-order valence-electron chi connectivity index (χ1n) is 8.32. The maximum atomic E-state index is 13.0. The van der Waals surface area contributed by atoms with Crippen molar-refractivity contribution in [2.45, 2.75) is 51.0 Å². The molecule has 26 heavy (non-hydrogen) atoms. The van der Waals surface area contributed by atoms with Crippen molar-refractivity contribution < 1.29 is 26.3 Å². The largest absolute Gasteiger partial charge is 0.416 e. The van der Waals surface area contributed by atoms with Crippen LogP contribution in [0.15, 0.2) is 18.2 Å². The Kier molecular flexibility index (Phi) is 7.65. The van der Waals surface area contributed by atoms with E-state index in [1.165, 1.54) is 0 Å². The second kappa shape index (κ2) is 8.69. The van der Waals surface area contributed by atoms with Gasteiger partial charge in [-0.3, -0.25) is 0 Å². The lowest BCUT2D eigenvalue weighted by atomic mass is 9.88. The molecule has 1 saturated heterocycles. The average Bonchev–Trinajstić information content (AvgIpc) is 2.52. The zero-order chi connectivity index (χ0) is 18.8. The van der Waals surface area contributed by atoms with Crippen LogP contribution in [-0.2, 0) is 12.4 Å². The first-order valence-corrected chi connectivity index (χ1v) is 8.32. The highest BCUT2D eigenvalue weighted by molar-refractivity contribution is 5.85. The first kappa shape index (κ1) is 22.9. The fraction of sp³-hybridized carbons (Fsp3) is 0.647. The smallest absolute Gasteiger partial charge is 0.371 e. The van der Waals surface area contributed by atoms with Crippen LogP contribution >= 0.6 is 12.4 Å². The summed E-state index contributed by atoms with van der Waals surface area (Å²) in [7, 11) is 0. The molecule has 0 unspecified atom stereocenters. The lowest BCUT2D eigenvalue weighted by molar-refractivity contribution is -0.143. The number of alkyl halides is 6. The van der Waals surface area contributed by atoms with E-state index < -0.39 is 23.5 Å². The molecule has 1 aromatic rings. The second-order valence-electron chi connectivity index (χ2n) is 6.56. The van der Waals surface area contributed by atoms with E-state index in [9.17, 15) is 26.3 Å². The van der Waals surface area contributed by atoms with Gasteiger partial charge in [-0.25, -0.2) is 0 Å². The highest BCUT2D eigenvalue weighted by atomic mass is 35.5. The topological polar surface area (TPSA) is 29.3 Å². The van der Waals surface area contributed by atoms with E-state index in [4.69, 9.17) is 5.73 Å². The van der Waals surface area contributed by atoms with Crippen LogP contribution in [0.25, 0.3) is 0 Å². The number of anilines is 1. The van der Waals surface area contributed by atoms with E-state index in [2.05, 4.69) is 0 Å². The number of hydrogen-bond donors (Lipinski definition) is 1. The molecule has 1 aromatic carbocycles. The van der Waals surface area contributed by atoms with Gasteiger partial charge in [-0.15, -0.1) is 12.4 Å². The molecule has 1 fully saturated rings. The Balaban J connectivity index is 0.00000338. The third-order valence-corrected chi connectivity index (χ3v) is 4.66. The van der Waals surface area contributed by atoms with E-state index in [-0.39, 0.29) is 36.1 Å². The highest BCUT2D eigenvalue weighted by Gasteiger charge is 2.38. The Labute approximate surface area is 155 Å². The van der Waals surface area contributed by atoms with Crippen LogP contribution in [0, 0.1) is 5.92 Å². The van der Waals surface area contributed by atoms with Crippen LogP contribution in [-0.4, -0.2) is 19.1 Å². The van der Waals surface area contributed by atoms with Gasteiger partial charge in [0, 0.05) is 24.8 Å². The van der Waals surface area contributed by atoms with Gasteiger partial charge in [-0.2, -0.15) is 26.3 Å². The van der Waals surface area contributed by atoms with E-state index in [0.717, 1.165) is 31.4 Å². The number of piperidine rings is 1. The Morgan fingerprint density at radius 3 is 2.04 bits per heavy atom. The lowest BCUT2D eigenvalue weighted by Gasteiger charge is -2.38. The number of benzene rings is 1. The van der Waals surface area contributed by atoms with Crippen molar-refractivity contribution in [1.29, 1.82) is 0 Å². The summed E-state index contributed by atoms with van der Waals surface area (Å²) >= 11 is 0. The van der Waals surface area contributed by atoms with Crippen molar-refractivity contribution in [1.82, 2.24) is 0 Å². The molecule has 1 aliphatic heterocycles. The summed E-state index contributed by atoms with van der Waals surface area (Å²) in [5.41, 5.74) is 3.47. The first-order chi connectivity index (χ1) is 11.5. The Morgan fingerprint density at radius 2 is 1.58 bits per heavy atom. The molecule has 2 N–H and O–H groups in total. The average molecular weight is 405 g/mol.